The molecule has 7 rings (SSSR count). The summed E-state index contributed by atoms with van der Waals surface area (Å²) in [4.78, 5) is 72.4. The molecule has 21 heteroatoms. The summed E-state index contributed by atoms with van der Waals surface area (Å²) in [6.07, 6.45) is -0.900. The standard InChI is InChI=1S/C50H58F4N10O5S2/c1-31-42(71-30-58-31)33-13-11-32(12-14-33)27-57-44(66)37-10-9-20-62(37)45(67)43(48(2,3)4)59-39(65)29-69-25-8-7-19-60-21-23-61(24-22-60)38-18-16-35(28-56-38)64-47(70)63(46(68)49(64,5)6)36-17-15-34(26-55)40(41(36)51)50(52,53)54/h11-18,28,30,37,43H,7-10,19-25,27,29H2,1-6H3,(H,57,66)(H,59,65). The van der Waals surface area contributed by atoms with E-state index in [1.54, 1.807) is 28.4 Å². The molecule has 2 aromatic heterocycles. The molecular weight excluding hydrogens is 961 g/mol. The Morgan fingerprint density at radius 1 is 1.00 bits per heavy atom. The highest BCUT2D eigenvalue weighted by atomic mass is 32.1. The lowest BCUT2D eigenvalue weighted by molar-refractivity contribution is -0.144. The molecule has 3 aliphatic rings. The van der Waals surface area contributed by atoms with E-state index in [4.69, 9.17) is 17.0 Å². The van der Waals surface area contributed by atoms with Gasteiger partial charge in [0.1, 0.15) is 35.6 Å². The van der Waals surface area contributed by atoms with Crippen molar-refractivity contribution in [3.63, 3.8) is 0 Å². The summed E-state index contributed by atoms with van der Waals surface area (Å²) in [5, 5.41) is 14.9. The Kier molecular flexibility index (Phi) is 16.1. The monoisotopic (exact) mass is 1020 g/mol. The van der Waals surface area contributed by atoms with Gasteiger partial charge in [0.15, 0.2) is 10.9 Å². The van der Waals surface area contributed by atoms with Gasteiger partial charge in [-0.1, -0.05) is 45.0 Å². The first kappa shape index (κ1) is 52.7. The minimum absolute atomic E-state index is 0.205. The predicted molar refractivity (Wildman–Crippen MR) is 266 cm³/mol. The number of carbonyl (C=O) groups excluding carboxylic acids is 4. The maximum Gasteiger partial charge on any atom is 0.420 e. The third kappa shape index (κ3) is 11.7. The second-order valence-corrected chi connectivity index (χ2v) is 20.7. The molecule has 3 saturated heterocycles. The Morgan fingerprint density at radius 2 is 1.72 bits per heavy atom. The zero-order chi connectivity index (χ0) is 51.4. The number of piperazine rings is 1. The second kappa shape index (κ2) is 21.7. The third-order valence-corrected chi connectivity index (χ3v) is 14.4. The van der Waals surface area contributed by atoms with E-state index in [2.05, 4.69) is 30.4 Å². The number of hydrogen-bond acceptors (Lipinski definition) is 12. The molecule has 2 unspecified atom stereocenters. The lowest BCUT2D eigenvalue weighted by atomic mass is 9.85. The number of thiocarbonyl (C=S) groups is 1. The van der Waals surface area contributed by atoms with Gasteiger partial charge in [0.25, 0.3) is 5.91 Å². The van der Waals surface area contributed by atoms with Crippen molar-refractivity contribution in [2.75, 3.05) is 67.2 Å². The number of pyridine rings is 1. The molecule has 0 aliphatic carbocycles. The van der Waals surface area contributed by atoms with E-state index in [1.807, 2.05) is 57.5 Å². The van der Waals surface area contributed by atoms with E-state index in [1.165, 1.54) is 31.0 Å². The van der Waals surface area contributed by atoms with Gasteiger partial charge < -0.3 is 30.1 Å². The van der Waals surface area contributed by atoms with Crippen LogP contribution in [0, 0.1) is 29.5 Å². The summed E-state index contributed by atoms with van der Waals surface area (Å²) in [6.45, 7) is 15.3. The van der Waals surface area contributed by atoms with Gasteiger partial charge in [0.05, 0.1) is 45.3 Å². The molecule has 5 heterocycles. The fourth-order valence-corrected chi connectivity index (χ4v) is 10.5. The number of alkyl halides is 3. The summed E-state index contributed by atoms with van der Waals surface area (Å²) in [7, 11) is 0. The van der Waals surface area contributed by atoms with Crippen LogP contribution in [0.5, 0.6) is 0 Å². The van der Waals surface area contributed by atoms with Crippen molar-refractivity contribution >= 4 is 69.5 Å². The van der Waals surface area contributed by atoms with Gasteiger partial charge in [-0.2, -0.15) is 18.4 Å². The van der Waals surface area contributed by atoms with Crippen LogP contribution in [0.2, 0.25) is 0 Å². The zero-order valence-corrected chi connectivity index (χ0v) is 42.2. The van der Waals surface area contributed by atoms with Gasteiger partial charge in [0, 0.05) is 45.9 Å². The molecule has 4 amide bonds. The second-order valence-electron chi connectivity index (χ2n) is 19.4. The zero-order valence-electron chi connectivity index (χ0n) is 40.6. The molecule has 3 fully saturated rings. The Labute approximate surface area is 420 Å². The Balaban J connectivity index is 0.824. The number of likely N-dealkylation sites (tertiary alicyclic amines) is 1. The molecule has 0 spiro atoms. The first-order valence-electron chi connectivity index (χ1n) is 23.5. The Bertz CT molecular complexity index is 2660. The van der Waals surface area contributed by atoms with Crippen LogP contribution in [0.4, 0.5) is 34.8 Å². The van der Waals surface area contributed by atoms with Crippen molar-refractivity contribution in [3.8, 4) is 16.5 Å². The number of thiazole rings is 1. The van der Waals surface area contributed by atoms with Crippen molar-refractivity contribution in [3.05, 3.63) is 88.4 Å². The van der Waals surface area contributed by atoms with Gasteiger partial charge in [0.2, 0.25) is 17.7 Å². The highest BCUT2D eigenvalue weighted by molar-refractivity contribution is 7.81. The smallest absolute Gasteiger partial charge is 0.372 e. The van der Waals surface area contributed by atoms with Gasteiger partial charge >= 0.3 is 6.18 Å². The largest absolute Gasteiger partial charge is 0.420 e. The first-order chi connectivity index (χ1) is 33.6. The van der Waals surface area contributed by atoms with Crippen LogP contribution >= 0.6 is 23.6 Å². The maximum atomic E-state index is 15.4. The highest BCUT2D eigenvalue weighted by Crippen LogP contribution is 2.42. The number of hydrogen-bond donors (Lipinski definition) is 2. The van der Waals surface area contributed by atoms with Gasteiger partial charge in [-0.3, -0.25) is 29.0 Å². The molecule has 0 radical (unpaired) electrons. The minimum Gasteiger partial charge on any atom is -0.372 e. The van der Waals surface area contributed by atoms with Crippen molar-refractivity contribution < 1.29 is 41.5 Å². The van der Waals surface area contributed by atoms with E-state index in [9.17, 15) is 37.6 Å². The number of aryl methyl sites for hydroxylation is 1. The number of halogens is 4. The number of rotatable bonds is 16. The Hall–Kier alpha value is -6.08. The summed E-state index contributed by atoms with van der Waals surface area (Å²) in [6, 6.07) is 13.1. The highest BCUT2D eigenvalue weighted by Gasteiger charge is 2.52. The van der Waals surface area contributed by atoms with Crippen molar-refractivity contribution in [1.82, 2.24) is 30.4 Å². The fourth-order valence-electron chi connectivity index (χ4n) is 9.13. The van der Waals surface area contributed by atoms with Crippen LogP contribution in [0.15, 0.2) is 60.2 Å². The molecule has 0 bridgehead atoms. The van der Waals surface area contributed by atoms with Crippen LogP contribution in [0.3, 0.4) is 0 Å². The molecule has 4 aromatic rings. The molecule has 378 valence electrons. The predicted octanol–water partition coefficient (Wildman–Crippen LogP) is 7.22. The number of carbonyl (C=O) groups is 4. The van der Waals surface area contributed by atoms with Crippen LogP contribution in [0.1, 0.15) is 82.7 Å². The third-order valence-electron chi connectivity index (χ3n) is 13.1. The summed E-state index contributed by atoms with van der Waals surface area (Å²) >= 11 is 7.15. The quantitative estimate of drug-likeness (QED) is 0.0659. The lowest BCUT2D eigenvalue weighted by Crippen LogP contribution is -2.58. The van der Waals surface area contributed by atoms with E-state index in [-0.39, 0.29) is 23.5 Å². The van der Waals surface area contributed by atoms with E-state index < -0.39 is 63.7 Å². The molecule has 2 aromatic carbocycles. The molecule has 71 heavy (non-hydrogen) atoms. The van der Waals surface area contributed by atoms with Crippen LogP contribution in [-0.2, 0) is 36.6 Å². The van der Waals surface area contributed by atoms with Crippen LogP contribution in [0.25, 0.3) is 10.4 Å². The topological polar surface area (TPSA) is 167 Å². The molecule has 3 aliphatic heterocycles. The average Bonchev–Trinajstić information content (AvgIpc) is 4.04. The van der Waals surface area contributed by atoms with Crippen molar-refractivity contribution in [2.24, 2.45) is 5.41 Å². The van der Waals surface area contributed by atoms with Crippen LogP contribution in [-0.4, -0.2) is 119 Å². The van der Waals surface area contributed by atoms with Gasteiger partial charge in [-0.25, -0.2) is 14.4 Å². The Morgan fingerprint density at radius 3 is 2.34 bits per heavy atom. The molecule has 2 atom stereocenters. The number of nitrogens with one attached hydrogen (secondary N) is 2. The molecule has 0 saturated carbocycles. The maximum absolute atomic E-state index is 15.4. The van der Waals surface area contributed by atoms with E-state index >= 15 is 4.39 Å². The normalized spacial score (nSPS) is 18.0. The molecule has 2 N–H and O–H groups in total. The average molecular weight is 1020 g/mol. The number of unbranched alkanes of at least 4 members (excludes halogenated alkanes) is 1. The lowest BCUT2D eigenvalue weighted by Gasteiger charge is -2.36. The van der Waals surface area contributed by atoms with Crippen molar-refractivity contribution in [1.29, 1.82) is 5.26 Å². The first-order valence-corrected chi connectivity index (χ1v) is 24.8. The molecular formula is C50H58F4N10O5S2. The minimum atomic E-state index is -5.18. The summed E-state index contributed by atoms with van der Waals surface area (Å²) in [5.41, 5.74) is -0.221. The van der Waals surface area contributed by atoms with Gasteiger partial charge in [-0.05, 0) is 106 Å². The van der Waals surface area contributed by atoms with Crippen LogP contribution < -0.4 is 25.3 Å². The van der Waals surface area contributed by atoms with Gasteiger partial charge in [-0.15, -0.1) is 11.3 Å². The van der Waals surface area contributed by atoms with E-state index in [0.29, 0.717) is 63.6 Å². The molecule has 15 nitrogen and oxygen atoms in total. The number of benzene rings is 2. The fraction of sp³-hybridized carbons (Fsp3) is 0.480. The summed E-state index contributed by atoms with van der Waals surface area (Å²) in [5.74, 6) is -2.76. The number of ether oxygens (including phenoxy) is 1. The SMILES string of the molecule is Cc1ncsc1-c1ccc(CNC(=O)C2CCCN2C(=O)C(NC(=O)COCCCCN2CCN(c3ccc(N4C(=S)N(c5ccc(C#N)c(C(F)(F)F)c5F)C(=O)C4(C)C)cn3)CC2)C(C)(C)C)cc1. The number of aromatic nitrogens is 2. The number of anilines is 3. The number of nitriles is 1. The van der Waals surface area contributed by atoms with E-state index in [0.717, 1.165) is 64.8 Å². The number of amides is 4. The van der Waals surface area contributed by atoms with Crippen molar-refractivity contribution in [2.45, 2.75) is 97.6 Å². The number of nitrogens with zero attached hydrogens (tertiary/aromatic N) is 8. The summed E-state index contributed by atoms with van der Waals surface area (Å²) < 4.78 is 62.6.